The average molecular weight is 566 g/mol. The van der Waals surface area contributed by atoms with Gasteiger partial charge in [0.15, 0.2) is 0 Å². The molecule has 2 saturated carbocycles. The fourth-order valence-electron chi connectivity index (χ4n) is 8.74. The molecule has 3 atom stereocenters. The Balaban J connectivity index is 1.22. The number of methoxy groups -OCH3 is 1. The van der Waals surface area contributed by atoms with Crippen LogP contribution in [0.5, 0.6) is 11.5 Å². The average Bonchev–Trinajstić information content (AvgIpc) is 3.03. The van der Waals surface area contributed by atoms with Crippen molar-refractivity contribution < 1.29 is 14.3 Å². The Labute approximate surface area is 252 Å². The third kappa shape index (κ3) is 5.34. The van der Waals surface area contributed by atoms with E-state index in [4.69, 9.17) is 9.47 Å². The highest BCUT2D eigenvalue weighted by Crippen LogP contribution is 2.58. The van der Waals surface area contributed by atoms with Gasteiger partial charge >= 0.3 is 0 Å². The maximum atomic E-state index is 14.3. The summed E-state index contributed by atoms with van der Waals surface area (Å²) in [5, 5.41) is 3.56. The van der Waals surface area contributed by atoms with Gasteiger partial charge in [0.25, 0.3) is 0 Å². The van der Waals surface area contributed by atoms with Crippen molar-refractivity contribution in [1.29, 1.82) is 0 Å². The quantitative estimate of drug-likeness (QED) is 0.299. The predicted molar refractivity (Wildman–Crippen MR) is 169 cm³/mol. The van der Waals surface area contributed by atoms with Crippen molar-refractivity contribution in [1.82, 2.24) is 5.32 Å². The van der Waals surface area contributed by atoms with Gasteiger partial charge in [-0.15, -0.1) is 0 Å². The van der Waals surface area contributed by atoms with E-state index in [1.807, 2.05) is 12.1 Å². The molecule has 0 aromatic heterocycles. The number of fused-ring (bicyclic) bond motifs is 3. The summed E-state index contributed by atoms with van der Waals surface area (Å²) >= 11 is 0. The Kier molecular flexibility index (Phi) is 8.09. The summed E-state index contributed by atoms with van der Waals surface area (Å²) in [5.74, 6) is 2.36. The highest BCUT2D eigenvalue weighted by Gasteiger charge is 2.55. The first-order valence-corrected chi connectivity index (χ1v) is 16.1. The third-order valence-corrected chi connectivity index (χ3v) is 11.2. The maximum absolute atomic E-state index is 14.3. The van der Waals surface area contributed by atoms with E-state index in [1.165, 1.54) is 41.5 Å². The Hall–Kier alpha value is -3.27. The maximum Gasteiger partial charge on any atom is 0.226 e. The van der Waals surface area contributed by atoms with E-state index in [-0.39, 0.29) is 16.7 Å². The lowest BCUT2D eigenvalue weighted by atomic mass is 9.49. The molecule has 0 aliphatic heterocycles. The van der Waals surface area contributed by atoms with Gasteiger partial charge in [0, 0.05) is 12.0 Å². The molecule has 1 amide bonds. The summed E-state index contributed by atoms with van der Waals surface area (Å²) in [7, 11) is 1.73. The van der Waals surface area contributed by atoms with Crippen LogP contribution in [0.2, 0.25) is 0 Å². The van der Waals surface area contributed by atoms with E-state index in [0.717, 1.165) is 56.4 Å². The molecule has 0 saturated heterocycles. The van der Waals surface area contributed by atoms with Gasteiger partial charge < -0.3 is 14.8 Å². The van der Waals surface area contributed by atoms with Crippen molar-refractivity contribution in [2.75, 3.05) is 13.7 Å². The summed E-state index contributed by atoms with van der Waals surface area (Å²) in [4.78, 5) is 14.3. The van der Waals surface area contributed by atoms with Gasteiger partial charge in [-0.05, 0) is 96.4 Å². The van der Waals surface area contributed by atoms with E-state index < -0.39 is 5.41 Å². The van der Waals surface area contributed by atoms with Gasteiger partial charge in [-0.2, -0.15) is 0 Å². The van der Waals surface area contributed by atoms with Crippen LogP contribution in [0, 0.1) is 11.3 Å². The van der Waals surface area contributed by atoms with E-state index in [1.54, 1.807) is 7.11 Å². The van der Waals surface area contributed by atoms with E-state index in [0.29, 0.717) is 19.1 Å². The van der Waals surface area contributed by atoms with Crippen LogP contribution >= 0.6 is 0 Å². The summed E-state index contributed by atoms with van der Waals surface area (Å²) in [6, 6.07) is 25.6. The van der Waals surface area contributed by atoms with Crippen molar-refractivity contribution in [3.8, 4) is 11.5 Å². The number of ether oxygens (including phenoxy) is 2. The van der Waals surface area contributed by atoms with Crippen molar-refractivity contribution in [3.63, 3.8) is 0 Å². The summed E-state index contributed by atoms with van der Waals surface area (Å²) in [5.41, 5.74) is 4.82. The van der Waals surface area contributed by atoms with Crippen LogP contribution in [0.4, 0.5) is 0 Å². The molecular formula is C38H47NO3. The van der Waals surface area contributed by atoms with E-state index in [2.05, 4.69) is 79.8 Å². The molecule has 0 heterocycles. The van der Waals surface area contributed by atoms with Crippen LogP contribution in [0.15, 0.2) is 72.8 Å². The monoisotopic (exact) mass is 565 g/mol. The van der Waals surface area contributed by atoms with Gasteiger partial charge in [-0.3, -0.25) is 4.79 Å². The van der Waals surface area contributed by atoms with Crippen LogP contribution < -0.4 is 14.8 Å². The third-order valence-electron chi connectivity index (χ3n) is 11.2. The zero-order valence-electron chi connectivity index (χ0n) is 25.7. The molecule has 6 rings (SSSR count). The molecule has 0 bridgehead atoms. The predicted octanol–water partition coefficient (Wildman–Crippen LogP) is 8.30. The first-order valence-electron chi connectivity index (χ1n) is 16.1. The minimum Gasteiger partial charge on any atom is -0.497 e. The fraction of sp³-hybridized carbons (Fsp3) is 0.500. The van der Waals surface area contributed by atoms with Crippen molar-refractivity contribution in [2.24, 2.45) is 11.3 Å². The Morgan fingerprint density at radius 1 is 0.857 bits per heavy atom. The number of nitrogens with one attached hydrogen (secondary N) is 1. The Bertz CT molecular complexity index is 1390. The molecular weight excluding hydrogens is 518 g/mol. The second-order valence-corrected chi connectivity index (χ2v) is 13.6. The minimum atomic E-state index is -0.393. The topological polar surface area (TPSA) is 47.6 Å². The molecule has 3 aliphatic rings. The lowest BCUT2D eigenvalue weighted by molar-refractivity contribution is -0.139. The van der Waals surface area contributed by atoms with Gasteiger partial charge in [0.2, 0.25) is 5.91 Å². The van der Waals surface area contributed by atoms with Crippen molar-refractivity contribution in [3.05, 3.63) is 95.1 Å². The lowest BCUT2D eigenvalue weighted by Gasteiger charge is -2.54. The standard InChI is InChI=1S/C38H47NO3/c1-36-20-11-21-37(2,35(40)39-27-38(22-8-5-9-23-38)30-14-10-15-31(24-30)41-3)34(36)19-17-29-16-18-32(25-33(29)36)42-26-28-12-6-4-7-13-28/h4,6-7,10,12-16,18,24-25,34H,5,8-9,11,17,19-23,26-27H2,1-3H3,(H,39,40)/t34-,36-,37-/m1/s1. The normalized spacial score (nSPS) is 26.4. The highest BCUT2D eigenvalue weighted by atomic mass is 16.5. The zero-order valence-corrected chi connectivity index (χ0v) is 25.7. The number of rotatable bonds is 8. The SMILES string of the molecule is COc1cccc(C2(CNC(=O)[C@]3(C)CCC[C@]4(C)c5cc(OCc6ccccc6)ccc5CC[C@@H]34)CCCCC2)c1. The fourth-order valence-corrected chi connectivity index (χ4v) is 8.74. The van der Waals surface area contributed by atoms with Crippen molar-refractivity contribution in [2.45, 2.75) is 95.5 Å². The largest absolute Gasteiger partial charge is 0.497 e. The lowest BCUT2D eigenvalue weighted by Crippen LogP contribution is -2.56. The molecule has 4 nitrogen and oxygen atoms in total. The molecule has 0 unspecified atom stereocenters. The molecule has 3 aliphatic carbocycles. The first kappa shape index (κ1) is 28.8. The van der Waals surface area contributed by atoms with Crippen LogP contribution in [0.1, 0.15) is 93.9 Å². The number of hydrogen-bond acceptors (Lipinski definition) is 3. The number of hydrogen-bond donors (Lipinski definition) is 1. The Morgan fingerprint density at radius 2 is 1.67 bits per heavy atom. The summed E-state index contributed by atoms with van der Waals surface area (Å²) < 4.78 is 11.8. The molecule has 4 heteroatoms. The second kappa shape index (κ2) is 11.8. The minimum absolute atomic E-state index is 0.0268. The Morgan fingerprint density at radius 3 is 2.45 bits per heavy atom. The molecule has 3 aromatic rings. The molecule has 42 heavy (non-hydrogen) atoms. The van der Waals surface area contributed by atoms with Gasteiger partial charge in [0.1, 0.15) is 18.1 Å². The smallest absolute Gasteiger partial charge is 0.226 e. The van der Waals surface area contributed by atoms with Crippen LogP contribution in [0.3, 0.4) is 0 Å². The molecule has 3 aromatic carbocycles. The summed E-state index contributed by atoms with van der Waals surface area (Å²) in [6.07, 6.45) is 11.1. The molecule has 2 fully saturated rings. The molecule has 0 spiro atoms. The number of carbonyl (C=O) groups is 1. The number of benzene rings is 3. The van der Waals surface area contributed by atoms with Crippen LogP contribution in [-0.4, -0.2) is 19.6 Å². The van der Waals surface area contributed by atoms with Crippen LogP contribution in [0.25, 0.3) is 0 Å². The summed E-state index contributed by atoms with van der Waals surface area (Å²) in [6.45, 7) is 5.94. The zero-order chi connectivity index (χ0) is 29.2. The number of amides is 1. The molecule has 1 N–H and O–H groups in total. The van der Waals surface area contributed by atoms with Crippen LogP contribution in [-0.2, 0) is 28.7 Å². The van der Waals surface area contributed by atoms with E-state index in [9.17, 15) is 4.79 Å². The van der Waals surface area contributed by atoms with Crippen molar-refractivity contribution >= 4 is 5.91 Å². The molecule has 0 radical (unpaired) electrons. The highest BCUT2D eigenvalue weighted by molar-refractivity contribution is 5.83. The van der Waals surface area contributed by atoms with Gasteiger partial charge in [-0.25, -0.2) is 0 Å². The second-order valence-electron chi connectivity index (χ2n) is 13.6. The molecule has 222 valence electrons. The number of carbonyl (C=O) groups excluding carboxylic acids is 1. The van der Waals surface area contributed by atoms with Gasteiger partial charge in [0.05, 0.1) is 12.5 Å². The number of aryl methyl sites for hydroxylation is 1. The van der Waals surface area contributed by atoms with Gasteiger partial charge in [-0.1, -0.05) is 88.1 Å². The van der Waals surface area contributed by atoms with E-state index >= 15 is 0 Å². The first-order chi connectivity index (χ1) is 20.4.